The molecule has 0 unspecified atom stereocenters. The fourth-order valence-corrected chi connectivity index (χ4v) is 2.25. The zero-order valence-corrected chi connectivity index (χ0v) is 12.9. The maximum Gasteiger partial charge on any atom is 0.230 e. The SMILES string of the molecule is Cc1ccc(C(C)C)c(Oc2nccc(C)c2C(=N)N)c1. The van der Waals surface area contributed by atoms with Gasteiger partial charge in [-0.15, -0.1) is 0 Å². The molecule has 110 valence electrons. The van der Waals surface area contributed by atoms with Gasteiger partial charge in [0.05, 0.1) is 5.56 Å². The van der Waals surface area contributed by atoms with E-state index in [0.717, 1.165) is 22.4 Å². The van der Waals surface area contributed by atoms with Gasteiger partial charge in [-0.05, 0) is 48.6 Å². The van der Waals surface area contributed by atoms with Crippen molar-refractivity contribution >= 4 is 5.84 Å². The number of aryl methyl sites for hydroxylation is 2. The molecule has 0 saturated heterocycles. The summed E-state index contributed by atoms with van der Waals surface area (Å²) >= 11 is 0. The van der Waals surface area contributed by atoms with Gasteiger partial charge in [0, 0.05) is 6.20 Å². The zero-order chi connectivity index (χ0) is 15.6. The molecule has 2 aromatic rings. The van der Waals surface area contributed by atoms with E-state index in [1.807, 2.05) is 26.0 Å². The highest BCUT2D eigenvalue weighted by atomic mass is 16.5. The molecular weight excluding hydrogens is 262 g/mol. The number of nitrogens with one attached hydrogen (secondary N) is 1. The molecule has 4 nitrogen and oxygen atoms in total. The number of amidine groups is 1. The summed E-state index contributed by atoms with van der Waals surface area (Å²) < 4.78 is 5.99. The van der Waals surface area contributed by atoms with Gasteiger partial charge in [0.1, 0.15) is 11.6 Å². The lowest BCUT2D eigenvalue weighted by Gasteiger charge is -2.16. The number of aromatic nitrogens is 1. The van der Waals surface area contributed by atoms with Crippen molar-refractivity contribution < 1.29 is 4.74 Å². The Labute approximate surface area is 125 Å². The van der Waals surface area contributed by atoms with Crippen LogP contribution in [0.1, 0.15) is 42.0 Å². The summed E-state index contributed by atoms with van der Waals surface area (Å²) in [6, 6.07) is 7.95. The van der Waals surface area contributed by atoms with Crippen molar-refractivity contribution in [1.29, 1.82) is 5.41 Å². The van der Waals surface area contributed by atoms with E-state index >= 15 is 0 Å². The Balaban J connectivity index is 2.50. The second kappa shape index (κ2) is 5.95. The molecule has 0 aliphatic rings. The van der Waals surface area contributed by atoms with Gasteiger partial charge in [-0.25, -0.2) is 4.98 Å². The van der Waals surface area contributed by atoms with Crippen molar-refractivity contribution in [3.63, 3.8) is 0 Å². The average molecular weight is 283 g/mol. The monoisotopic (exact) mass is 283 g/mol. The van der Waals surface area contributed by atoms with Crippen LogP contribution in [-0.2, 0) is 0 Å². The van der Waals surface area contributed by atoms with E-state index in [9.17, 15) is 0 Å². The topological polar surface area (TPSA) is 72.0 Å². The van der Waals surface area contributed by atoms with Crippen molar-refractivity contribution in [3.8, 4) is 11.6 Å². The van der Waals surface area contributed by atoms with Gasteiger partial charge in [0.15, 0.2) is 0 Å². The van der Waals surface area contributed by atoms with E-state index < -0.39 is 0 Å². The third-order valence-corrected chi connectivity index (χ3v) is 3.39. The molecule has 0 atom stereocenters. The molecule has 0 bridgehead atoms. The maximum atomic E-state index is 7.72. The molecule has 2 rings (SSSR count). The molecule has 0 aliphatic carbocycles. The number of hydrogen-bond acceptors (Lipinski definition) is 3. The van der Waals surface area contributed by atoms with Gasteiger partial charge in [0.2, 0.25) is 5.88 Å². The molecule has 0 spiro atoms. The van der Waals surface area contributed by atoms with Crippen LogP contribution in [0.25, 0.3) is 0 Å². The summed E-state index contributed by atoms with van der Waals surface area (Å²) in [5.41, 5.74) is 9.32. The number of ether oxygens (including phenoxy) is 1. The highest BCUT2D eigenvalue weighted by Crippen LogP contribution is 2.32. The first-order valence-electron chi connectivity index (χ1n) is 6.98. The lowest BCUT2D eigenvalue weighted by Crippen LogP contribution is -2.15. The van der Waals surface area contributed by atoms with E-state index in [-0.39, 0.29) is 5.84 Å². The zero-order valence-electron chi connectivity index (χ0n) is 12.9. The van der Waals surface area contributed by atoms with Crippen LogP contribution in [0, 0.1) is 19.3 Å². The van der Waals surface area contributed by atoms with E-state index in [0.29, 0.717) is 17.4 Å². The van der Waals surface area contributed by atoms with Crippen LogP contribution in [0.15, 0.2) is 30.5 Å². The van der Waals surface area contributed by atoms with Crippen LogP contribution >= 0.6 is 0 Å². The fraction of sp³-hybridized carbons (Fsp3) is 0.294. The van der Waals surface area contributed by atoms with Crippen LogP contribution in [-0.4, -0.2) is 10.8 Å². The maximum absolute atomic E-state index is 7.72. The molecule has 21 heavy (non-hydrogen) atoms. The number of nitrogen functional groups attached to an aromatic ring is 1. The van der Waals surface area contributed by atoms with Crippen molar-refractivity contribution in [2.24, 2.45) is 5.73 Å². The predicted octanol–water partition coefficient (Wildman–Crippen LogP) is 3.90. The fourth-order valence-electron chi connectivity index (χ4n) is 2.25. The molecule has 3 N–H and O–H groups in total. The quantitative estimate of drug-likeness (QED) is 0.660. The Hall–Kier alpha value is -2.36. The van der Waals surface area contributed by atoms with E-state index in [1.54, 1.807) is 6.20 Å². The summed E-state index contributed by atoms with van der Waals surface area (Å²) in [5, 5.41) is 7.72. The number of rotatable bonds is 4. The molecule has 1 aromatic carbocycles. The normalized spacial score (nSPS) is 10.7. The van der Waals surface area contributed by atoms with Crippen molar-refractivity contribution in [2.45, 2.75) is 33.6 Å². The van der Waals surface area contributed by atoms with Gasteiger partial charge in [-0.3, -0.25) is 5.41 Å². The van der Waals surface area contributed by atoms with Crippen LogP contribution in [0.4, 0.5) is 0 Å². The van der Waals surface area contributed by atoms with Gasteiger partial charge in [-0.1, -0.05) is 26.0 Å². The Morgan fingerprint density at radius 2 is 1.95 bits per heavy atom. The largest absolute Gasteiger partial charge is 0.438 e. The summed E-state index contributed by atoms with van der Waals surface area (Å²) in [4.78, 5) is 4.24. The number of pyridine rings is 1. The van der Waals surface area contributed by atoms with Gasteiger partial charge in [0.25, 0.3) is 0 Å². The third kappa shape index (κ3) is 3.21. The molecule has 0 aliphatic heterocycles. The lowest BCUT2D eigenvalue weighted by molar-refractivity contribution is 0.452. The van der Waals surface area contributed by atoms with Crippen LogP contribution in [0.5, 0.6) is 11.6 Å². The number of nitrogens with zero attached hydrogens (tertiary/aromatic N) is 1. The van der Waals surface area contributed by atoms with Crippen LogP contribution in [0.3, 0.4) is 0 Å². The van der Waals surface area contributed by atoms with Gasteiger partial charge < -0.3 is 10.5 Å². The number of benzene rings is 1. The second-order valence-electron chi connectivity index (χ2n) is 5.52. The predicted molar refractivity (Wildman–Crippen MR) is 85.3 cm³/mol. The van der Waals surface area contributed by atoms with Gasteiger partial charge in [-0.2, -0.15) is 0 Å². The average Bonchev–Trinajstić information content (AvgIpc) is 2.37. The smallest absolute Gasteiger partial charge is 0.230 e. The number of hydrogen-bond donors (Lipinski definition) is 2. The van der Waals surface area contributed by atoms with Crippen molar-refractivity contribution in [2.75, 3.05) is 0 Å². The molecule has 0 amide bonds. The minimum atomic E-state index is -0.0330. The molecular formula is C17H21N3O. The lowest BCUT2D eigenvalue weighted by atomic mass is 10.0. The van der Waals surface area contributed by atoms with Crippen LogP contribution in [0.2, 0.25) is 0 Å². The van der Waals surface area contributed by atoms with Gasteiger partial charge >= 0.3 is 0 Å². The Kier molecular flexibility index (Phi) is 4.26. The molecule has 1 aromatic heterocycles. The Morgan fingerprint density at radius 3 is 2.57 bits per heavy atom. The minimum absolute atomic E-state index is 0.0330. The Bertz CT molecular complexity index is 678. The first-order chi connectivity index (χ1) is 9.90. The van der Waals surface area contributed by atoms with E-state index in [1.165, 1.54) is 0 Å². The summed E-state index contributed by atoms with van der Waals surface area (Å²) in [5.74, 6) is 1.46. The Morgan fingerprint density at radius 1 is 1.24 bits per heavy atom. The first-order valence-corrected chi connectivity index (χ1v) is 6.98. The highest BCUT2D eigenvalue weighted by Gasteiger charge is 2.15. The molecule has 0 radical (unpaired) electrons. The minimum Gasteiger partial charge on any atom is -0.438 e. The standard InChI is InChI=1S/C17H21N3O/c1-10(2)13-6-5-11(3)9-14(13)21-17-15(16(18)19)12(4)7-8-20-17/h5-10H,1-4H3,(H3,18,19). The summed E-state index contributed by atoms with van der Waals surface area (Å²) in [7, 11) is 0. The third-order valence-electron chi connectivity index (χ3n) is 3.39. The summed E-state index contributed by atoms with van der Waals surface area (Å²) in [6.07, 6.45) is 1.67. The first kappa shape index (κ1) is 15.0. The molecule has 0 saturated carbocycles. The van der Waals surface area contributed by atoms with Crippen molar-refractivity contribution in [1.82, 2.24) is 4.98 Å². The second-order valence-corrected chi connectivity index (χ2v) is 5.52. The van der Waals surface area contributed by atoms with Crippen molar-refractivity contribution in [3.05, 3.63) is 52.7 Å². The van der Waals surface area contributed by atoms with Crippen LogP contribution < -0.4 is 10.5 Å². The molecule has 0 fully saturated rings. The molecule has 4 heteroatoms. The summed E-state index contributed by atoms with van der Waals surface area (Å²) in [6.45, 7) is 8.15. The number of nitrogens with two attached hydrogens (primary N) is 1. The van der Waals surface area contributed by atoms with E-state index in [2.05, 4.69) is 31.0 Å². The molecule has 1 heterocycles. The van der Waals surface area contributed by atoms with E-state index in [4.69, 9.17) is 15.9 Å². The highest BCUT2D eigenvalue weighted by molar-refractivity contribution is 5.98.